The summed E-state index contributed by atoms with van der Waals surface area (Å²) in [5.74, 6) is 0.382. The highest BCUT2D eigenvalue weighted by Gasteiger charge is 2.19. The van der Waals surface area contributed by atoms with Crippen LogP contribution < -0.4 is 11.1 Å². The normalized spacial score (nSPS) is 19.0. The molecule has 0 spiro atoms. The number of phenols is 1. The van der Waals surface area contributed by atoms with Gasteiger partial charge in [-0.15, -0.1) is 0 Å². The SMILES string of the molecule is NCCCCNC1CCCc2cc(O)ccc21. The molecule has 1 atom stereocenters. The number of rotatable bonds is 5. The van der Waals surface area contributed by atoms with Gasteiger partial charge in [-0.1, -0.05) is 6.07 Å². The van der Waals surface area contributed by atoms with Crippen molar-refractivity contribution in [3.8, 4) is 5.75 Å². The maximum absolute atomic E-state index is 9.49. The minimum absolute atomic E-state index is 0.382. The van der Waals surface area contributed by atoms with Crippen LogP contribution in [-0.4, -0.2) is 18.2 Å². The minimum atomic E-state index is 0.382. The number of unbranched alkanes of at least 4 members (excludes halogenated alkanes) is 1. The highest BCUT2D eigenvalue weighted by molar-refractivity contribution is 5.38. The molecule has 17 heavy (non-hydrogen) atoms. The lowest BCUT2D eigenvalue weighted by molar-refractivity contribution is 0.445. The Hall–Kier alpha value is -1.06. The number of hydrogen-bond acceptors (Lipinski definition) is 3. The van der Waals surface area contributed by atoms with Gasteiger partial charge in [0.25, 0.3) is 0 Å². The average Bonchev–Trinajstić information content (AvgIpc) is 2.34. The maximum atomic E-state index is 9.49. The fourth-order valence-corrected chi connectivity index (χ4v) is 2.56. The second kappa shape index (κ2) is 6.03. The predicted molar refractivity (Wildman–Crippen MR) is 70.1 cm³/mol. The van der Waals surface area contributed by atoms with Gasteiger partial charge in [0.2, 0.25) is 0 Å². The number of aromatic hydroxyl groups is 1. The van der Waals surface area contributed by atoms with Crippen molar-refractivity contribution in [1.82, 2.24) is 5.32 Å². The molecule has 1 aliphatic rings. The summed E-state index contributed by atoms with van der Waals surface area (Å²) in [4.78, 5) is 0. The molecule has 1 aromatic rings. The predicted octanol–water partition coefficient (Wildman–Crippen LogP) is 2.10. The van der Waals surface area contributed by atoms with Gasteiger partial charge >= 0.3 is 0 Å². The summed E-state index contributed by atoms with van der Waals surface area (Å²) in [6.07, 6.45) is 5.71. The molecule has 0 aliphatic heterocycles. The lowest BCUT2D eigenvalue weighted by Crippen LogP contribution is -2.26. The summed E-state index contributed by atoms with van der Waals surface area (Å²) in [6.45, 7) is 1.80. The van der Waals surface area contributed by atoms with Crippen LogP contribution >= 0.6 is 0 Å². The quantitative estimate of drug-likeness (QED) is 0.684. The van der Waals surface area contributed by atoms with Crippen molar-refractivity contribution >= 4 is 0 Å². The van der Waals surface area contributed by atoms with Crippen molar-refractivity contribution in [2.45, 2.75) is 38.1 Å². The second-order valence-electron chi connectivity index (χ2n) is 4.78. The van der Waals surface area contributed by atoms with Crippen molar-refractivity contribution in [1.29, 1.82) is 0 Å². The highest BCUT2D eigenvalue weighted by Crippen LogP contribution is 2.31. The van der Waals surface area contributed by atoms with Crippen molar-refractivity contribution in [3.63, 3.8) is 0 Å². The molecular formula is C14H22N2O. The fraction of sp³-hybridized carbons (Fsp3) is 0.571. The van der Waals surface area contributed by atoms with Crippen LogP contribution in [0.1, 0.15) is 42.9 Å². The zero-order valence-corrected chi connectivity index (χ0v) is 10.3. The molecule has 3 heteroatoms. The first-order valence-corrected chi connectivity index (χ1v) is 6.56. The molecule has 0 fully saturated rings. The van der Waals surface area contributed by atoms with E-state index < -0.39 is 0 Å². The van der Waals surface area contributed by atoms with E-state index in [1.54, 1.807) is 6.07 Å². The summed E-state index contributed by atoms with van der Waals surface area (Å²) in [5.41, 5.74) is 8.15. The third-order valence-electron chi connectivity index (χ3n) is 3.46. The van der Waals surface area contributed by atoms with Gasteiger partial charge in [-0.3, -0.25) is 0 Å². The third kappa shape index (κ3) is 3.20. The van der Waals surface area contributed by atoms with E-state index >= 15 is 0 Å². The molecule has 0 saturated carbocycles. The molecule has 0 radical (unpaired) electrons. The molecular weight excluding hydrogens is 212 g/mol. The van der Waals surface area contributed by atoms with Crippen LogP contribution in [0.2, 0.25) is 0 Å². The molecule has 0 amide bonds. The van der Waals surface area contributed by atoms with Crippen LogP contribution in [0.15, 0.2) is 18.2 Å². The summed E-state index contributed by atoms with van der Waals surface area (Å²) in [5, 5.41) is 13.1. The van der Waals surface area contributed by atoms with Crippen molar-refractivity contribution < 1.29 is 5.11 Å². The first kappa shape index (κ1) is 12.4. The Kier molecular flexibility index (Phi) is 4.40. The average molecular weight is 234 g/mol. The lowest BCUT2D eigenvalue weighted by atomic mass is 9.87. The lowest BCUT2D eigenvalue weighted by Gasteiger charge is -2.26. The Bertz CT molecular complexity index is 365. The number of aryl methyl sites for hydroxylation is 1. The molecule has 0 heterocycles. The van der Waals surface area contributed by atoms with Gasteiger partial charge in [0, 0.05) is 6.04 Å². The monoisotopic (exact) mass is 234 g/mol. The molecule has 1 unspecified atom stereocenters. The molecule has 94 valence electrons. The third-order valence-corrected chi connectivity index (χ3v) is 3.46. The van der Waals surface area contributed by atoms with E-state index in [0.29, 0.717) is 11.8 Å². The van der Waals surface area contributed by atoms with Gasteiger partial charge in [0.05, 0.1) is 0 Å². The Morgan fingerprint density at radius 3 is 3.06 bits per heavy atom. The minimum Gasteiger partial charge on any atom is -0.508 e. The Morgan fingerprint density at radius 2 is 2.24 bits per heavy atom. The molecule has 0 aromatic heterocycles. The molecule has 1 aliphatic carbocycles. The van der Waals surface area contributed by atoms with Gasteiger partial charge < -0.3 is 16.2 Å². The van der Waals surface area contributed by atoms with Gasteiger partial charge in [0.1, 0.15) is 5.75 Å². The molecule has 1 aromatic carbocycles. The van der Waals surface area contributed by atoms with Crippen LogP contribution in [0.5, 0.6) is 5.75 Å². The van der Waals surface area contributed by atoms with Gasteiger partial charge in [-0.05, 0) is 68.5 Å². The van der Waals surface area contributed by atoms with E-state index in [0.717, 1.165) is 32.4 Å². The second-order valence-corrected chi connectivity index (χ2v) is 4.78. The topological polar surface area (TPSA) is 58.3 Å². The fourth-order valence-electron chi connectivity index (χ4n) is 2.56. The van der Waals surface area contributed by atoms with E-state index in [9.17, 15) is 5.11 Å². The zero-order chi connectivity index (χ0) is 12.1. The summed E-state index contributed by atoms with van der Waals surface area (Å²) < 4.78 is 0. The number of nitrogens with two attached hydrogens (primary N) is 1. The number of benzene rings is 1. The van der Waals surface area contributed by atoms with Crippen molar-refractivity contribution in [2.75, 3.05) is 13.1 Å². The highest BCUT2D eigenvalue weighted by atomic mass is 16.3. The first-order valence-electron chi connectivity index (χ1n) is 6.56. The van der Waals surface area contributed by atoms with Crippen molar-refractivity contribution in [2.24, 2.45) is 5.73 Å². The standard InChI is InChI=1S/C14H22N2O/c15-8-1-2-9-16-14-5-3-4-11-10-12(17)6-7-13(11)14/h6-7,10,14,16-17H,1-5,8-9,15H2. The number of fused-ring (bicyclic) bond motifs is 1. The molecule has 4 N–H and O–H groups in total. The number of phenolic OH excluding ortho intramolecular Hbond substituents is 1. The van der Waals surface area contributed by atoms with E-state index in [4.69, 9.17) is 5.73 Å². The first-order chi connectivity index (χ1) is 8.31. The Labute approximate surface area is 103 Å². The van der Waals surface area contributed by atoms with E-state index in [-0.39, 0.29) is 0 Å². The Balaban J connectivity index is 1.97. The summed E-state index contributed by atoms with van der Waals surface area (Å²) >= 11 is 0. The van der Waals surface area contributed by atoms with E-state index in [1.807, 2.05) is 6.07 Å². The number of nitrogens with one attached hydrogen (secondary N) is 1. The van der Waals surface area contributed by atoms with Crippen LogP contribution in [0.3, 0.4) is 0 Å². The van der Waals surface area contributed by atoms with E-state index in [1.165, 1.54) is 24.0 Å². The summed E-state index contributed by atoms with van der Waals surface area (Å²) in [6, 6.07) is 6.21. The zero-order valence-electron chi connectivity index (χ0n) is 10.3. The molecule has 3 nitrogen and oxygen atoms in total. The van der Waals surface area contributed by atoms with Crippen molar-refractivity contribution in [3.05, 3.63) is 29.3 Å². The largest absolute Gasteiger partial charge is 0.508 e. The van der Waals surface area contributed by atoms with Crippen LogP contribution in [-0.2, 0) is 6.42 Å². The van der Waals surface area contributed by atoms with Crippen LogP contribution in [0.25, 0.3) is 0 Å². The van der Waals surface area contributed by atoms with Gasteiger partial charge in [0.15, 0.2) is 0 Å². The van der Waals surface area contributed by atoms with E-state index in [2.05, 4.69) is 11.4 Å². The molecule has 0 saturated heterocycles. The maximum Gasteiger partial charge on any atom is 0.115 e. The number of hydrogen-bond donors (Lipinski definition) is 3. The molecule has 2 rings (SSSR count). The Morgan fingerprint density at radius 1 is 1.35 bits per heavy atom. The molecule has 0 bridgehead atoms. The van der Waals surface area contributed by atoms with Gasteiger partial charge in [-0.2, -0.15) is 0 Å². The smallest absolute Gasteiger partial charge is 0.115 e. The van der Waals surface area contributed by atoms with Crippen LogP contribution in [0.4, 0.5) is 0 Å². The van der Waals surface area contributed by atoms with Gasteiger partial charge in [-0.25, -0.2) is 0 Å². The van der Waals surface area contributed by atoms with Crippen LogP contribution in [0, 0.1) is 0 Å². The summed E-state index contributed by atoms with van der Waals surface area (Å²) in [7, 11) is 0.